The van der Waals surface area contributed by atoms with Crippen molar-refractivity contribution in [2.75, 3.05) is 36.3 Å². The van der Waals surface area contributed by atoms with Gasteiger partial charge < -0.3 is 21.1 Å². The molecule has 38 heavy (non-hydrogen) atoms. The van der Waals surface area contributed by atoms with E-state index in [4.69, 9.17) is 28.9 Å². The number of carbonyl (C=O) groups excluding carboxylic acids is 2. The predicted molar refractivity (Wildman–Crippen MR) is 146 cm³/mol. The first-order chi connectivity index (χ1) is 18.2. The Morgan fingerprint density at radius 3 is 2.32 bits per heavy atom. The Bertz CT molecular complexity index is 1090. The summed E-state index contributed by atoms with van der Waals surface area (Å²) in [6, 6.07) is 9.37. The molecule has 1 aliphatic rings. The number of rotatable bonds is 13. The van der Waals surface area contributed by atoms with Crippen LogP contribution in [0.15, 0.2) is 48.5 Å². The molecule has 3 rings (SSSR count). The summed E-state index contributed by atoms with van der Waals surface area (Å²) in [4.78, 5) is 42.3. The Labute approximate surface area is 231 Å². The van der Waals surface area contributed by atoms with E-state index < -0.39 is 41.7 Å². The monoisotopic (exact) mass is 566 g/mol. The van der Waals surface area contributed by atoms with Gasteiger partial charge in [-0.1, -0.05) is 24.3 Å². The number of benzene rings is 2. The first-order valence-electron chi connectivity index (χ1n) is 12.5. The molecule has 1 saturated heterocycles. The van der Waals surface area contributed by atoms with Crippen LogP contribution in [0, 0.1) is 5.82 Å². The first-order valence-corrected chi connectivity index (χ1v) is 13.6. The smallest absolute Gasteiger partial charge is 0.327 e. The molecule has 0 aromatic heterocycles. The number of hydrogen-bond acceptors (Lipinski definition) is 6. The lowest BCUT2D eigenvalue weighted by atomic mass is 9.99. The van der Waals surface area contributed by atoms with Crippen LogP contribution in [0.4, 0.5) is 10.1 Å². The normalized spacial score (nSPS) is 16.6. The topological polar surface area (TPSA) is 116 Å². The highest BCUT2D eigenvalue weighted by atomic mass is 35.5. The van der Waals surface area contributed by atoms with Crippen LogP contribution in [-0.4, -0.2) is 77.3 Å². The minimum Gasteiger partial charge on any atom is -0.480 e. The maximum absolute atomic E-state index is 13.6. The number of carboxylic acids is 1. The van der Waals surface area contributed by atoms with Gasteiger partial charge in [-0.2, -0.15) is 0 Å². The van der Waals surface area contributed by atoms with Crippen LogP contribution in [0.3, 0.4) is 0 Å². The number of anilines is 1. The first kappa shape index (κ1) is 29.8. The molecule has 11 heteroatoms. The summed E-state index contributed by atoms with van der Waals surface area (Å²) in [7, 11) is 0. The van der Waals surface area contributed by atoms with Crippen LogP contribution in [0.5, 0.6) is 0 Å². The summed E-state index contributed by atoms with van der Waals surface area (Å²) in [5.41, 5.74) is 8.41. The zero-order valence-corrected chi connectivity index (χ0v) is 22.5. The zero-order valence-electron chi connectivity index (χ0n) is 21.0. The molecule has 2 aromatic carbocycles. The number of aliphatic carboxylic acids is 1. The van der Waals surface area contributed by atoms with Gasteiger partial charge in [-0.15, -0.1) is 23.2 Å². The van der Waals surface area contributed by atoms with E-state index in [2.05, 4.69) is 5.32 Å². The van der Waals surface area contributed by atoms with Gasteiger partial charge in [0, 0.05) is 37.0 Å². The molecule has 0 aliphatic carbocycles. The lowest BCUT2D eigenvalue weighted by molar-refractivity contribution is -0.159. The number of amides is 2. The number of alkyl halides is 2. The van der Waals surface area contributed by atoms with Crippen LogP contribution < -0.4 is 16.0 Å². The number of carbonyl (C=O) groups is 3. The van der Waals surface area contributed by atoms with Gasteiger partial charge in [-0.3, -0.25) is 14.5 Å². The van der Waals surface area contributed by atoms with Crippen molar-refractivity contribution in [2.24, 2.45) is 5.73 Å². The largest absolute Gasteiger partial charge is 0.480 e. The fourth-order valence-electron chi connectivity index (χ4n) is 4.59. The summed E-state index contributed by atoms with van der Waals surface area (Å²) in [5.74, 6) is -2.39. The standard InChI is InChI=1S/C27H33Cl2FN4O4/c28-10-13-33(14-11-29)21-4-1-3-19(15-21)16-22(31)25(35)34(26(36)23-5-2-12-32-23)24(27(37)38)17-18-6-8-20(30)9-7-18/h1,3-4,6-9,15,22-24,32H,2,5,10-14,16-17,31H2,(H,37,38). The van der Waals surface area contributed by atoms with Crippen molar-refractivity contribution in [3.05, 3.63) is 65.5 Å². The highest BCUT2D eigenvalue weighted by molar-refractivity contribution is 6.18. The fourth-order valence-corrected chi connectivity index (χ4v) is 4.99. The molecule has 1 fully saturated rings. The van der Waals surface area contributed by atoms with E-state index in [1.54, 1.807) is 0 Å². The molecular weight excluding hydrogens is 534 g/mol. The van der Waals surface area contributed by atoms with Gasteiger partial charge in [-0.05, 0) is 61.2 Å². The van der Waals surface area contributed by atoms with E-state index in [1.165, 1.54) is 24.3 Å². The molecule has 0 radical (unpaired) electrons. The van der Waals surface area contributed by atoms with Gasteiger partial charge in [-0.25, -0.2) is 9.18 Å². The molecular formula is C27H33Cl2FN4O4. The van der Waals surface area contributed by atoms with Gasteiger partial charge in [0.25, 0.3) is 0 Å². The highest BCUT2D eigenvalue weighted by Crippen LogP contribution is 2.20. The number of nitrogens with two attached hydrogens (primary N) is 1. The van der Waals surface area contributed by atoms with Gasteiger partial charge in [0.15, 0.2) is 0 Å². The number of hydrogen-bond donors (Lipinski definition) is 3. The number of halogens is 3. The summed E-state index contributed by atoms with van der Waals surface area (Å²) in [6.07, 6.45) is 1.13. The van der Waals surface area contributed by atoms with Gasteiger partial charge >= 0.3 is 5.97 Å². The molecule has 0 bridgehead atoms. The molecule has 0 saturated carbocycles. The molecule has 1 heterocycles. The summed E-state index contributed by atoms with van der Waals surface area (Å²) in [5, 5.41) is 13.1. The number of nitrogens with zero attached hydrogens (tertiary/aromatic N) is 2. The van der Waals surface area contributed by atoms with Gasteiger partial charge in [0.2, 0.25) is 11.8 Å². The lowest BCUT2D eigenvalue weighted by Crippen LogP contribution is -2.59. The van der Waals surface area contributed by atoms with E-state index in [9.17, 15) is 23.9 Å². The third kappa shape index (κ3) is 7.89. The van der Waals surface area contributed by atoms with Crippen LogP contribution in [0.25, 0.3) is 0 Å². The van der Waals surface area contributed by atoms with Crippen LogP contribution in [0.1, 0.15) is 24.0 Å². The van der Waals surface area contributed by atoms with Crippen molar-refractivity contribution in [1.82, 2.24) is 10.2 Å². The van der Waals surface area contributed by atoms with Crippen molar-refractivity contribution in [3.8, 4) is 0 Å². The summed E-state index contributed by atoms with van der Waals surface area (Å²) < 4.78 is 13.4. The molecule has 3 atom stereocenters. The third-order valence-corrected chi connectivity index (χ3v) is 6.87. The number of nitrogens with one attached hydrogen (secondary N) is 1. The lowest BCUT2D eigenvalue weighted by Gasteiger charge is -2.31. The molecule has 0 spiro atoms. The van der Waals surface area contributed by atoms with Gasteiger partial charge in [0.05, 0.1) is 12.1 Å². The Balaban J connectivity index is 1.87. The third-order valence-electron chi connectivity index (χ3n) is 6.53. The van der Waals surface area contributed by atoms with Crippen LogP contribution in [-0.2, 0) is 27.2 Å². The van der Waals surface area contributed by atoms with Crippen LogP contribution in [0.2, 0.25) is 0 Å². The molecule has 2 amide bonds. The van der Waals surface area contributed by atoms with E-state index >= 15 is 0 Å². The minimum absolute atomic E-state index is 0.0903. The SMILES string of the molecule is NC(Cc1cccc(N(CCCl)CCCl)c1)C(=O)N(C(=O)C1CCCN1)C(Cc1ccc(F)cc1)C(=O)O. The summed E-state index contributed by atoms with van der Waals surface area (Å²) in [6.45, 7) is 1.76. The van der Waals surface area contributed by atoms with E-state index in [1.807, 2.05) is 29.2 Å². The second-order valence-corrected chi connectivity index (χ2v) is 9.98. The quantitative estimate of drug-likeness (QED) is 0.319. The average molecular weight is 567 g/mol. The molecule has 4 N–H and O–H groups in total. The van der Waals surface area contributed by atoms with Crippen LogP contribution >= 0.6 is 23.2 Å². The molecule has 206 valence electrons. The van der Waals surface area contributed by atoms with Crippen molar-refractivity contribution in [1.29, 1.82) is 0 Å². The number of imide groups is 1. The van der Waals surface area contributed by atoms with Crippen molar-refractivity contribution in [3.63, 3.8) is 0 Å². The van der Waals surface area contributed by atoms with Gasteiger partial charge in [0.1, 0.15) is 11.9 Å². The Morgan fingerprint density at radius 2 is 1.74 bits per heavy atom. The van der Waals surface area contributed by atoms with Crippen molar-refractivity contribution >= 4 is 46.7 Å². The average Bonchev–Trinajstić information content (AvgIpc) is 3.44. The van der Waals surface area contributed by atoms with E-state index in [-0.39, 0.29) is 12.8 Å². The fraction of sp³-hybridized carbons (Fsp3) is 0.444. The second-order valence-electron chi connectivity index (χ2n) is 9.23. The Morgan fingerprint density at radius 1 is 1.05 bits per heavy atom. The Hall–Kier alpha value is -2.72. The maximum atomic E-state index is 13.6. The Kier molecular flexibility index (Phi) is 11.3. The van der Waals surface area contributed by atoms with E-state index in [0.717, 1.165) is 22.6 Å². The summed E-state index contributed by atoms with van der Waals surface area (Å²) >= 11 is 11.9. The van der Waals surface area contributed by atoms with E-state index in [0.29, 0.717) is 43.4 Å². The molecule has 8 nitrogen and oxygen atoms in total. The zero-order chi connectivity index (χ0) is 27.7. The predicted octanol–water partition coefficient (Wildman–Crippen LogP) is 2.78. The second kappa shape index (κ2) is 14.4. The number of carboxylic acid groups (broad SMARTS) is 1. The minimum atomic E-state index is -1.50. The van der Waals surface area contributed by atoms with Crippen molar-refractivity contribution in [2.45, 2.75) is 43.8 Å². The molecule has 2 aromatic rings. The molecule has 3 unspecified atom stereocenters. The molecule has 1 aliphatic heterocycles. The highest BCUT2D eigenvalue weighted by Gasteiger charge is 2.40. The van der Waals surface area contributed by atoms with Crippen molar-refractivity contribution < 1.29 is 23.9 Å². The maximum Gasteiger partial charge on any atom is 0.327 e.